The van der Waals surface area contributed by atoms with E-state index >= 15 is 0 Å². The Bertz CT molecular complexity index is 866. The van der Waals surface area contributed by atoms with Gasteiger partial charge in [0.2, 0.25) is 0 Å². The van der Waals surface area contributed by atoms with Gasteiger partial charge in [0.15, 0.2) is 0 Å². The van der Waals surface area contributed by atoms with Gasteiger partial charge >= 0.3 is 18.1 Å². The Hall–Kier alpha value is -3.55. The largest absolute Gasteiger partial charge is 0.467 e. The molecule has 0 spiro atoms. The molecule has 0 bridgehead atoms. The number of nitrogens with zero attached hydrogens (tertiary/aromatic N) is 1. The number of ether oxygens (including phenoxy) is 2. The number of nitrogens with one attached hydrogen (secondary N) is 2. The molecular weight excluding hydrogens is 398 g/mol. The third-order valence-corrected chi connectivity index (χ3v) is 4.12. The Balaban J connectivity index is 2.17. The molecule has 166 valence electrons. The van der Waals surface area contributed by atoms with Crippen LogP contribution in [0.4, 0.5) is 9.59 Å². The van der Waals surface area contributed by atoms with Crippen LogP contribution in [0.1, 0.15) is 31.9 Å². The lowest BCUT2D eigenvalue weighted by Gasteiger charge is -2.28. The van der Waals surface area contributed by atoms with Crippen molar-refractivity contribution >= 4 is 18.1 Å². The first kappa shape index (κ1) is 23.7. The lowest BCUT2D eigenvalue weighted by Crippen LogP contribution is -2.55. The third-order valence-electron chi connectivity index (χ3n) is 4.12. The standard InChI is InChI=1S/C23H29N3O5/c1-23(2,3)31-22(29)25-26(16-18-13-9-6-10-14-18)21(28)24-19(20(27)30-4)15-17-11-7-5-8-12-17/h5-14,19H,15-16H2,1-4H3,(H,24,28)(H,25,29). The first-order chi connectivity index (χ1) is 14.7. The van der Waals surface area contributed by atoms with Crippen molar-refractivity contribution in [3.05, 3.63) is 71.8 Å². The molecule has 1 atom stereocenters. The van der Waals surface area contributed by atoms with E-state index in [0.29, 0.717) is 0 Å². The Morgan fingerprint density at radius 3 is 2.00 bits per heavy atom. The lowest BCUT2D eigenvalue weighted by molar-refractivity contribution is -0.142. The maximum atomic E-state index is 13.0. The van der Waals surface area contributed by atoms with E-state index in [1.165, 1.54) is 7.11 Å². The van der Waals surface area contributed by atoms with Crippen LogP contribution in [-0.2, 0) is 27.2 Å². The second kappa shape index (κ2) is 11.0. The number of hydrogen-bond acceptors (Lipinski definition) is 5. The van der Waals surface area contributed by atoms with Crippen LogP contribution in [0.25, 0.3) is 0 Å². The Morgan fingerprint density at radius 2 is 1.48 bits per heavy atom. The lowest BCUT2D eigenvalue weighted by atomic mass is 10.1. The number of carbonyl (C=O) groups is 3. The first-order valence-corrected chi connectivity index (χ1v) is 9.91. The molecule has 0 saturated heterocycles. The molecule has 0 heterocycles. The summed E-state index contributed by atoms with van der Waals surface area (Å²) in [5, 5.41) is 3.72. The predicted molar refractivity (Wildman–Crippen MR) is 116 cm³/mol. The van der Waals surface area contributed by atoms with Gasteiger partial charge in [-0.15, -0.1) is 0 Å². The van der Waals surface area contributed by atoms with E-state index in [4.69, 9.17) is 9.47 Å². The highest BCUT2D eigenvalue weighted by molar-refractivity contribution is 5.84. The smallest absolute Gasteiger partial charge is 0.426 e. The van der Waals surface area contributed by atoms with Gasteiger partial charge in [-0.25, -0.2) is 24.8 Å². The maximum absolute atomic E-state index is 13.0. The summed E-state index contributed by atoms with van der Waals surface area (Å²) in [4.78, 5) is 37.6. The van der Waals surface area contributed by atoms with Gasteiger partial charge in [0.1, 0.15) is 11.6 Å². The summed E-state index contributed by atoms with van der Waals surface area (Å²) in [5.41, 5.74) is 3.36. The Morgan fingerprint density at radius 1 is 0.935 bits per heavy atom. The van der Waals surface area contributed by atoms with Crippen LogP contribution in [-0.4, -0.2) is 41.9 Å². The van der Waals surface area contributed by atoms with Gasteiger partial charge in [-0.1, -0.05) is 60.7 Å². The van der Waals surface area contributed by atoms with Gasteiger partial charge in [-0.3, -0.25) is 0 Å². The number of hydrogen-bond donors (Lipinski definition) is 2. The van der Waals surface area contributed by atoms with E-state index < -0.39 is 29.7 Å². The van der Waals surface area contributed by atoms with Crippen molar-refractivity contribution < 1.29 is 23.9 Å². The molecule has 0 fully saturated rings. The normalized spacial score (nSPS) is 11.7. The molecule has 31 heavy (non-hydrogen) atoms. The zero-order chi connectivity index (χ0) is 22.9. The fourth-order valence-electron chi connectivity index (χ4n) is 2.75. The molecule has 3 amide bonds. The van der Waals surface area contributed by atoms with Gasteiger partial charge in [-0.2, -0.15) is 0 Å². The molecule has 0 aromatic heterocycles. The summed E-state index contributed by atoms with van der Waals surface area (Å²) in [6, 6.07) is 16.8. The quantitative estimate of drug-likeness (QED) is 0.544. The number of benzene rings is 2. The second-order valence-electron chi connectivity index (χ2n) is 7.90. The average Bonchev–Trinajstić information content (AvgIpc) is 2.72. The molecule has 0 saturated carbocycles. The minimum atomic E-state index is -0.932. The minimum Gasteiger partial charge on any atom is -0.467 e. The number of amides is 3. The van der Waals surface area contributed by atoms with E-state index in [2.05, 4.69) is 10.7 Å². The Kier molecular flexibility index (Phi) is 8.43. The zero-order valence-electron chi connectivity index (χ0n) is 18.3. The summed E-state index contributed by atoms with van der Waals surface area (Å²) < 4.78 is 10.1. The highest BCUT2D eigenvalue weighted by Gasteiger charge is 2.27. The number of methoxy groups -OCH3 is 1. The molecular formula is C23H29N3O5. The highest BCUT2D eigenvalue weighted by Crippen LogP contribution is 2.10. The van der Waals surface area contributed by atoms with Crippen molar-refractivity contribution in [1.29, 1.82) is 0 Å². The minimum absolute atomic E-state index is 0.0745. The summed E-state index contributed by atoms with van der Waals surface area (Å²) >= 11 is 0. The van der Waals surface area contributed by atoms with Crippen molar-refractivity contribution in [1.82, 2.24) is 15.8 Å². The van der Waals surface area contributed by atoms with Crippen molar-refractivity contribution in [3.8, 4) is 0 Å². The fourth-order valence-corrected chi connectivity index (χ4v) is 2.75. The van der Waals surface area contributed by atoms with Crippen LogP contribution < -0.4 is 10.7 Å². The monoisotopic (exact) mass is 427 g/mol. The molecule has 0 aliphatic carbocycles. The van der Waals surface area contributed by atoms with Crippen LogP contribution >= 0.6 is 0 Å². The molecule has 8 heteroatoms. The van der Waals surface area contributed by atoms with E-state index in [9.17, 15) is 14.4 Å². The number of rotatable bonds is 6. The third kappa shape index (κ3) is 8.38. The molecule has 0 aliphatic rings. The molecule has 2 aromatic rings. The van der Waals surface area contributed by atoms with Crippen molar-refractivity contribution in [2.45, 2.75) is 45.4 Å². The number of carbonyl (C=O) groups excluding carboxylic acids is 3. The highest BCUT2D eigenvalue weighted by atomic mass is 16.6. The van der Waals surface area contributed by atoms with E-state index in [0.717, 1.165) is 16.1 Å². The predicted octanol–water partition coefficient (Wildman–Crippen LogP) is 3.42. The maximum Gasteiger partial charge on any atom is 0.426 e. The molecule has 0 radical (unpaired) electrons. The van der Waals surface area contributed by atoms with Crippen molar-refractivity contribution in [3.63, 3.8) is 0 Å². The van der Waals surface area contributed by atoms with E-state index in [-0.39, 0.29) is 13.0 Å². The van der Waals surface area contributed by atoms with Crippen molar-refractivity contribution in [2.75, 3.05) is 7.11 Å². The van der Waals surface area contributed by atoms with E-state index in [1.54, 1.807) is 20.8 Å². The second-order valence-corrected chi connectivity index (χ2v) is 7.90. The molecule has 8 nitrogen and oxygen atoms in total. The number of hydrazine groups is 1. The summed E-state index contributed by atoms with van der Waals surface area (Å²) in [6.45, 7) is 5.25. The number of esters is 1. The summed E-state index contributed by atoms with van der Waals surface area (Å²) in [5.74, 6) is -0.589. The SMILES string of the molecule is COC(=O)C(Cc1ccccc1)NC(=O)N(Cc1ccccc1)NC(=O)OC(C)(C)C. The first-order valence-electron chi connectivity index (χ1n) is 9.91. The van der Waals surface area contributed by atoms with Gasteiger partial charge < -0.3 is 14.8 Å². The summed E-state index contributed by atoms with van der Waals surface area (Å²) in [7, 11) is 1.26. The zero-order valence-corrected chi connectivity index (χ0v) is 18.3. The molecule has 2 N–H and O–H groups in total. The van der Waals surface area contributed by atoms with Crippen LogP contribution in [0, 0.1) is 0 Å². The fraction of sp³-hybridized carbons (Fsp3) is 0.348. The topological polar surface area (TPSA) is 97.0 Å². The van der Waals surface area contributed by atoms with Crippen LogP contribution in [0.15, 0.2) is 60.7 Å². The van der Waals surface area contributed by atoms with Crippen LogP contribution in [0.2, 0.25) is 0 Å². The van der Waals surface area contributed by atoms with Gasteiger partial charge in [0.25, 0.3) is 0 Å². The van der Waals surface area contributed by atoms with Gasteiger partial charge in [0, 0.05) is 6.42 Å². The van der Waals surface area contributed by atoms with Crippen molar-refractivity contribution in [2.24, 2.45) is 0 Å². The Labute approximate surface area is 182 Å². The van der Waals surface area contributed by atoms with Crippen LogP contribution in [0.3, 0.4) is 0 Å². The average molecular weight is 428 g/mol. The van der Waals surface area contributed by atoms with E-state index in [1.807, 2.05) is 60.7 Å². The molecule has 2 rings (SSSR count). The molecule has 2 aromatic carbocycles. The van der Waals surface area contributed by atoms with Gasteiger partial charge in [0.05, 0.1) is 13.7 Å². The molecule has 1 unspecified atom stereocenters. The molecule has 0 aliphatic heterocycles. The van der Waals surface area contributed by atoms with Gasteiger partial charge in [-0.05, 0) is 31.9 Å². The summed E-state index contributed by atoms with van der Waals surface area (Å²) in [6.07, 6.45) is -0.540. The number of urea groups is 1. The van der Waals surface area contributed by atoms with Crippen LogP contribution in [0.5, 0.6) is 0 Å².